The van der Waals surface area contributed by atoms with E-state index in [4.69, 9.17) is 4.42 Å². The Balaban J connectivity index is 2.23. The van der Waals surface area contributed by atoms with Gasteiger partial charge in [0.2, 0.25) is 5.95 Å². The number of anilines is 1. The van der Waals surface area contributed by atoms with Crippen LogP contribution in [0.15, 0.2) is 34.4 Å². The van der Waals surface area contributed by atoms with E-state index in [1.165, 1.54) is 0 Å². The van der Waals surface area contributed by atoms with Gasteiger partial charge in [0, 0.05) is 19.5 Å². The summed E-state index contributed by atoms with van der Waals surface area (Å²) in [5, 5.41) is 2.05. The fourth-order valence-electron chi connectivity index (χ4n) is 1.64. The number of rotatable bonds is 2. The standard InChI is InChI=1S/C12H11N3OS/c1-15(2)12-13-6-10-11(14-12)8(7-17-10)9-4-3-5-16-9/h3-7H,1-2H3. The van der Waals surface area contributed by atoms with Crippen molar-refractivity contribution in [3.05, 3.63) is 30.0 Å². The molecule has 86 valence electrons. The first kappa shape index (κ1) is 10.3. The molecule has 0 atom stereocenters. The van der Waals surface area contributed by atoms with E-state index >= 15 is 0 Å². The van der Waals surface area contributed by atoms with Gasteiger partial charge < -0.3 is 9.32 Å². The van der Waals surface area contributed by atoms with E-state index in [2.05, 4.69) is 15.3 Å². The van der Waals surface area contributed by atoms with E-state index in [-0.39, 0.29) is 0 Å². The first-order chi connectivity index (χ1) is 8.25. The van der Waals surface area contributed by atoms with Crippen LogP contribution in [0.3, 0.4) is 0 Å². The second kappa shape index (κ2) is 3.85. The molecule has 3 aromatic rings. The van der Waals surface area contributed by atoms with Crippen LogP contribution < -0.4 is 4.90 Å². The Hall–Kier alpha value is -1.88. The van der Waals surface area contributed by atoms with Crippen molar-refractivity contribution in [1.82, 2.24) is 9.97 Å². The van der Waals surface area contributed by atoms with Gasteiger partial charge in [-0.05, 0) is 12.1 Å². The normalized spacial score (nSPS) is 10.9. The van der Waals surface area contributed by atoms with Crippen LogP contribution in [0.25, 0.3) is 21.5 Å². The molecule has 3 rings (SSSR count). The molecule has 0 fully saturated rings. The molecule has 0 unspecified atom stereocenters. The molecule has 0 saturated carbocycles. The van der Waals surface area contributed by atoms with Gasteiger partial charge in [-0.15, -0.1) is 11.3 Å². The van der Waals surface area contributed by atoms with Crippen molar-refractivity contribution in [2.75, 3.05) is 19.0 Å². The third kappa shape index (κ3) is 1.68. The average Bonchev–Trinajstić information content (AvgIpc) is 2.96. The summed E-state index contributed by atoms with van der Waals surface area (Å²) in [5.74, 6) is 1.56. The number of fused-ring (bicyclic) bond motifs is 1. The zero-order valence-corrected chi connectivity index (χ0v) is 10.4. The summed E-state index contributed by atoms with van der Waals surface area (Å²) in [4.78, 5) is 10.7. The van der Waals surface area contributed by atoms with Gasteiger partial charge in [-0.25, -0.2) is 9.97 Å². The largest absolute Gasteiger partial charge is 0.464 e. The predicted octanol–water partition coefficient (Wildman–Crippen LogP) is 3.02. The van der Waals surface area contributed by atoms with Gasteiger partial charge in [0.15, 0.2) is 0 Å². The highest BCUT2D eigenvalue weighted by atomic mass is 32.1. The van der Waals surface area contributed by atoms with E-state index in [9.17, 15) is 0 Å². The van der Waals surface area contributed by atoms with E-state index in [1.54, 1.807) is 17.6 Å². The predicted molar refractivity (Wildman–Crippen MR) is 69.4 cm³/mol. The Kier molecular flexibility index (Phi) is 2.33. The van der Waals surface area contributed by atoms with Crippen LogP contribution in [-0.2, 0) is 0 Å². The molecule has 0 amide bonds. The van der Waals surface area contributed by atoms with Gasteiger partial charge in [0.25, 0.3) is 0 Å². The van der Waals surface area contributed by atoms with E-state index < -0.39 is 0 Å². The first-order valence-corrected chi connectivity index (χ1v) is 6.09. The van der Waals surface area contributed by atoms with E-state index in [0.29, 0.717) is 5.95 Å². The molecule has 0 saturated heterocycles. The summed E-state index contributed by atoms with van der Waals surface area (Å²) >= 11 is 1.63. The lowest BCUT2D eigenvalue weighted by Crippen LogP contribution is -2.12. The smallest absolute Gasteiger partial charge is 0.225 e. The lowest BCUT2D eigenvalue weighted by molar-refractivity contribution is 0.583. The van der Waals surface area contributed by atoms with Gasteiger partial charge in [-0.1, -0.05) is 0 Å². The quantitative estimate of drug-likeness (QED) is 0.696. The van der Waals surface area contributed by atoms with Crippen molar-refractivity contribution >= 4 is 27.5 Å². The number of hydrogen-bond acceptors (Lipinski definition) is 5. The summed E-state index contributed by atoms with van der Waals surface area (Å²) in [6.45, 7) is 0. The van der Waals surface area contributed by atoms with Crippen LogP contribution in [0, 0.1) is 0 Å². The van der Waals surface area contributed by atoms with Crippen molar-refractivity contribution in [2.45, 2.75) is 0 Å². The molecule has 17 heavy (non-hydrogen) atoms. The summed E-state index contributed by atoms with van der Waals surface area (Å²) in [6, 6.07) is 3.83. The third-order valence-electron chi connectivity index (χ3n) is 2.49. The Morgan fingerprint density at radius 1 is 1.35 bits per heavy atom. The zero-order valence-electron chi connectivity index (χ0n) is 9.54. The molecule has 0 aliphatic carbocycles. The summed E-state index contributed by atoms with van der Waals surface area (Å²) < 4.78 is 6.49. The summed E-state index contributed by atoms with van der Waals surface area (Å²) in [5.41, 5.74) is 1.98. The minimum Gasteiger partial charge on any atom is -0.464 e. The number of aromatic nitrogens is 2. The lowest BCUT2D eigenvalue weighted by atomic mass is 10.2. The maximum Gasteiger partial charge on any atom is 0.225 e. The molecule has 0 bridgehead atoms. The monoisotopic (exact) mass is 245 g/mol. The van der Waals surface area contributed by atoms with Gasteiger partial charge in [0.1, 0.15) is 5.76 Å². The van der Waals surface area contributed by atoms with Crippen molar-refractivity contribution < 1.29 is 4.42 Å². The SMILES string of the molecule is CN(C)c1ncc2scc(-c3ccco3)c2n1. The minimum absolute atomic E-state index is 0.712. The Bertz CT molecular complexity index is 643. The number of hydrogen-bond donors (Lipinski definition) is 0. The van der Waals surface area contributed by atoms with Gasteiger partial charge in [0.05, 0.1) is 28.2 Å². The molecular weight excluding hydrogens is 234 g/mol. The van der Waals surface area contributed by atoms with E-state index in [1.807, 2.05) is 37.3 Å². The van der Waals surface area contributed by atoms with Gasteiger partial charge in [-0.2, -0.15) is 0 Å². The number of thiophene rings is 1. The maximum atomic E-state index is 5.42. The van der Waals surface area contributed by atoms with Crippen molar-refractivity contribution in [1.29, 1.82) is 0 Å². The number of nitrogens with zero attached hydrogens (tertiary/aromatic N) is 3. The summed E-state index contributed by atoms with van der Waals surface area (Å²) in [7, 11) is 3.86. The molecule has 0 aliphatic rings. The Morgan fingerprint density at radius 3 is 2.94 bits per heavy atom. The van der Waals surface area contributed by atoms with Crippen molar-refractivity contribution in [3.8, 4) is 11.3 Å². The molecule has 0 N–H and O–H groups in total. The molecule has 3 heterocycles. The summed E-state index contributed by atoms with van der Waals surface area (Å²) in [6.07, 6.45) is 3.53. The van der Waals surface area contributed by atoms with Crippen molar-refractivity contribution in [3.63, 3.8) is 0 Å². The second-order valence-electron chi connectivity index (χ2n) is 3.90. The number of furan rings is 1. The fraction of sp³-hybridized carbons (Fsp3) is 0.167. The van der Waals surface area contributed by atoms with Crippen LogP contribution in [0.5, 0.6) is 0 Å². The maximum absolute atomic E-state index is 5.42. The van der Waals surface area contributed by atoms with Gasteiger partial charge in [-0.3, -0.25) is 0 Å². The Morgan fingerprint density at radius 2 is 2.24 bits per heavy atom. The van der Waals surface area contributed by atoms with Crippen LogP contribution in [-0.4, -0.2) is 24.1 Å². The van der Waals surface area contributed by atoms with E-state index in [0.717, 1.165) is 21.5 Å². The second-order valence-corrected chi connectivity index (χ2v) is 4.82. The highest BCUT2D eigenvalue weighted by molar-refractivity contribution is 7.17. The fourth-order valence-corrected chi connectivity index (χ4v) is 2.49. The molecule has 4 nitrogen and oxygen atoms in total. The molecule has 0 aromatic carbocycles. The highest BCUT2D eigenvalue weighted by Crippen LogP contribution is 2.33. The van der Waals surface area contributed by atoms with Crippen LogP contribution in [0.2, 0.25) is 0 Å². The molecule has 0 radical (unpaired) electrons. The van der Waals surface area contributed by atoms with Crippen molar-refractivity contribution in [2.24, 2.45) is 0 Å². The average molecular weight is 245 g/mol. The highest BCUT2D eigenvalue weighted by Gasteiger charge is 2.12. The minimum atomic E-state index is 0.712. The third-order valence-corrected chi connectivity index (χ3v) is 3.39. The molecule has 3 aromatic heterocycles. The van der Waals surface area contributed by atoms with Crippen LogP contribution in [0.4, 0.5) is 5.95 Å². The zero-order chi connectivity index (χ0) is 11.8. The molecule has 0 aliphatic heterocycles. The lowest BCUT2D eigenvalue weighted by Gasteiger charge is -2.09. The molecule has 5 heteroatoms. The van der Waals surface area contributed by atoms with Gasteiger partial charge >= 0.3 is 0 Å². The molecule has 0 spiro atoms. The van der Waals surface area contributed by atoms with Crippen LogP contribution in [0.1, 0.15) is 0 Å². The topological polar surface area (TPSA) is 42.2 Å². The Labute approximate surface area is 103 Å². The molecular formula is C12H11N3OS. The van der Waals surface area contributed by atoms with Crippen LogP contribution >= 0.6 is 11.3 Å². The first-order valence-electron chi connectivity index (χ1n) is 5.21.